The Hall–Kier alpha value is -2.47. The first kappa shape index (κ1) is 17.9. The van der Waals surface area contributed by atoms with Gasteiger partial charge in [0.15, 0.2) is 0 Å². The van der Waals surface area contributed by atoms with E-state index >= 15 is 0 Å². The molecule has 5 nitrogen and oxygen atoms in total. The monoisotopic (exact) mass is 344 g/mol. The lowest BCUT2D eigenvalue weighted by molar-refractivity contribution is -0.127. The smallest absolute Gasteiger partial charge is 0.240 e. The number of benzene rings is 2. The molecule has 2 amide bonds. The molecule has 0 aliphatic heterocycles. The van der Waals surface area contributed by atoms with Crippen molar-refractivity contribution >= 4 is 22.6 Å². The van der Waals surface area contributed by atoms with E-state index in [9.17, 15) is 13.8 Å². The van der Waals surface area contributed by atoms with Crippen LogP contribution in [-0.4, -0.2) is 27.8 Å². The molecular formula is C18H20N2O3S. The molecule has 0 radical (unpaired) electrons. The molecule has 0 bridgehead atoms. The van der Waals surface area contributed by atoms with Gasteiger partial charge in [-0.05, 0) is 24.1 Å². The Kier molecular flexibility index (Phi) is 6.69. The first-order valence-electron chi connectivity index (χ1n) is 7.62. The lowest BCUT2D eigenvalue weighted by atomic mass is 10.1. The van der Waals surface area contributed by atoms with Crippen LogP contribution in [0.3, 0.4) is 0 Å². The Morgan fingerprint density at radius 1 is 1.00 bits per heavy atom. The number of carbonyl (C=O) groups is 2. The van der Waals surface area contributed by atoms with E-state index in [0.29, 0.717) is 4.90 Å². The molecule has 6 heteroatoms. The van der Waals surface area contributed by atoms with E-state index in [0.717, 1.165) is 5.56 Å². The van der Waals surface area contributed by atoms with Crippen molar-refractivity contribution < 1.29 is 13.8 Å². The molecule has 126 valence electrons. The Morgan fingerprint density at radius 3 is 2.17 bits per heavy atom. The van der Waals surface area contributed by atoms with Gasteiger partial charge in [-0.15, -0.1) is 0 Å². The van der Waals surface area contributed by atoms with Gasteiger partial charge in [0.05, 0.1) is 17.2 Å². The molecular weight excluding hydrogens is 324 g/mol. The SMILES string of the molecule is NC(=O)[C@@H](CC[S@@](=O)c1ccccc1)NC(=O)Cc1ccccc1. The summed E-state index contributed by atoms with van der Waals surface area (Å²) < 4.78 is 12.2. The summed E-state index contributed by atoms with van der Waals surface area (Å²) in [5.74, 6) is -0.652. The first-order valence-corrected chi connectivity index (χ1v) is 8.94. The summed E-state index contributed by atoms with van der Waals surface area (Å²) in [6, 6.07) is 17.4. The van der Waals surface area contributed by atoms with Crippen LogP contribution in [0.2, 0.25) is 0 Å². The Balaban J connectivity index is 1.89. The van der Waals surface area contributed by atoms with Crippen molar-refractivity contribution in [2.75, 3.05) is 5.75 Å². The number of hydrogen-bond donors (Lipinski definition) is 2. The first-order chi connectivity index (χ1) is 11.6. The second kappa shape index (κ2) is 8.98. The molecule has 0 unspecified atom stereocenters. The van der Waals surface area contributed by atoms with Gasteiger partial charge in [0.2, 0.25) is 11.8 Å². The largest absolute Gasteiger partial charge is 0.368 e. The Bertz CT molecular complexity index is 705. The zero-order valence-corrected chi connectivity index (χ0v) is 14.0. The number of hydrogen-bond acceptors (Lipinski definition) is 3. The maximum absolute atomic E-state index is 12.2. The summed E-state index contributed by atoms with van der Waals surface area (Å²) in [5.41, 5.74) is 6.20. The van der Waals surface area contributed by atoms with E-state index in [-0.39, 0.29) is 24.5 Å². The van der Waals surface area contributed by atoms with Crippen molar-refractivity contribution in [1.29, 1.82) is 0 Å². The Labute approximate surface area is 143 Å². The second-order valence-electron chi connectivity index (χ2n) is 5.34. The molecule has 0 aliphatic rings. The van der Waals surface area contributed by atoms with Crippen LogP contribution in [0.15, 0.2) is 65.6 Å². The summed E-state index contributed by atoms with van der Waals surface area (Å²) in [5, 5.41) is 2.62. The standard InChI is InChI=1S/C18H20N2O3S/c19-18(22)16(11-12-24(23)15-9-5-2-6-10-15)20-17(21)13-14-7-3-1-4-8-14/h1-10,16H,11-13H2,(H2,19,22)(H,20,21)/t16-,24-/m1/s1. The van der Waals surface area contributed by atoms with Gasteiger partial charge in [-0.3, -0.25) is 13.8 Å². The van der Waals surface area contributed by atoms with Gasteiger partial charge in [0, 0.05) is 10.6 Å². The Morgan fingerprint density at radius 2 is 1.58 bits per heavy atom. The lowest BCUT2D eigenvalue weighted by Crippen LogP contribution is -2.45. The summed E-state index contributed by atoms with van der Waals surface area (Å²) >= 11 is 0. The van der Waals surface area contributed by atoms with Gasteiger partial charge >= 0.3 is 0 Å². The molecule has 0 heterocycles. The van der Waals surface area contributed by atoms with Crippen molar-refractivity contribution in [1.82, 2.24) is 5.32 Å². The van der Waals surface area contributed by atoms with E-state index in [4.69, 9.17) is 5.73 Å². The third kappa shape index (κ3) is 5.62. The second-order valence-corrected chi connectivity index (χ2v) is 6.91. The third-order valence-corrected chi connectivity index (χ3v) is 4.89. The minimum Gasteiger partial charge on any atom is -0.368 e. The fourth-order valence-electron chi connectivity index (χ4n) is 2.23. The molecule has 2 rings (SSSR count). The van der Waals surface area contributed by atoms with Gasteiger partial charge < -0.3 is 11.1 Å². The van der Waals surface area contributed by atoms with Crippen LogP contribution in [0, 0.1) is 0 Å². The lowest BCUT2D eigenvalue weighted by Gasteiger charge is -2.15. The summed E-state index contributed by atoms with van der Waals surface area (Å²) in [4.78, 5) is 24.3. The highest BCUT2D eigenvalue weighted by Gasteiger charge is 2.19. The van der Waals surface area contributed by atoms with Crippen molar-refractivity contribution in [2.45, 2.75) is 23.8 Å². The van der Waals surface area contributed by atoms with Gasteiger partial charge in [-0.2, -0.15) is 0 Å². The fourth-order valence-corrected chi connectivity index (χ4v) is 3.37. The highest BCUT2D eigenvalue weighted by molar-refractivity contribution is 7.85. The van der Waals surface area contributed by atoms with Crippen LogP contribution in [0.1, 0.15) is 12.0 Å². The van der Waals surface area contributed by atoms with Crippen LogP contribution in [0.4, 0.5) is 0 Å². The van der Waals surface area contributed by atoms with E-state index < -0.39 is 22.7 Å². The van der Waals surface area contributed by atoms with Gasteiger partial charge in [-0.25, -0.2) is 0 Å². The van der Waals surface area contributed by atoms with E-state index in [1.54, 1.807) is 24.3 Å². The zero-order chi connectivity index (χ0) is 17.4. The van der Waals surface area contributed by atoms with Crippen LogP contribution >= 0.6 is 0 Å². The molecule has 0 saturated heterocycles. The highest BCUT2D eigenvalue weighted by atomic mass is 32.2. The summed E-state index contributed by atoms with van der Waals surface area (Å²) in [6.07, 6.45) is 0.407. The number of amides is 2. The topological polar surface area (TPSA) is 89.3 Å². The minimum absolute atomic E-state index is 0.173. The molecule has 0 fully saturated rings. The number of rotatable bonds is 8. The maximum Gasteiger partial charge on any atom is 0.240 e. The summed E-state index contributed by atoms with van der Waals surface area (Å²) in [6.45, 7) is 0. The maximum atomic E-state index is 12.2. The predicted molar refractivity (Wildman–Crippen MR) is 93.6 cm³/mol. The van der Waals surface area contributed by atoms with Gasteiger partial charge in [-0.1, -0.05) is 48.5 Å². The average Bonchev–Trinajstić information content (AvgIpc) is 2.59. The number of nitrogens with one attached hydrogen (secondary N) is 1. The molecule has 2 aromatic rings. The van der Waals surface area contributed by atoms with Crippen molar-refractivity contribution in [2.24, 2.45) is 5.73 Å². The predicted octanol–water partition coefficient (Wildman–Crippen LogP) is 1.40. The minimum atomic E-state index is -1.23. The molecule has 3 N–H and O–H groups in total. The fraction of sp³-hybridized carbons (Fsp3) is 0.222. The van der Waals surface area contributed by atoms with Gasteiger partial charge in [0.25, 0.3) is 0 Å². The zero-order valence-electron chi connectivity index (χ0n) is 13.2. The molecule has 0 saturated carbocycles. The van der Waals surface area contributed by atoms with E-state index in [1.165, 1.54) is 0 Å². The van der Waals surface area contributed by atoms with Crippen molar-refractivity contribution in [3.05, 3.63) is 66.2 Å². The van der Waals surface area contributed by atoms with Crippen LogP contribution in [0.25, 0.3) is 0 Å². The molecule has 2 aromatic carbocycles. The molecule has 2 atom stereocenters. The molecule has 0 aliphatic carbocycles. The van der Waals surface area contributed by atoms with E-state index in [1.807, 2.05) is 36.4 Å². The number of nitrogens with two attached hydrogens (primary N) is 1. The van der Waals surface area contributed by atoms with E-state index in [2.05, 4.69) is 5.32 Å². The molecule has 0 spiro atoms. The molecule has 24 heavy (non-hydrogen) atoms. The number of primary amides is 1. The molecule has 0 aromatic heterocycles. The number of carbonyl (C=O) groups excluding carboxylic acids is 2. The normalized spacial score (nSPS) is 13.0. The van der Waals surface area contributed by atoms with Crippen molar-refractivity contribution in [3.63, 3.8) is 0 Å². The average molecular weight is 344 g/mol. The van der Waals surface area contributed by atoms with Crippen LogP contribution < -0.4 is 11.1 Å². The highest BCUT2D eigenvalue weighted by Crippen LogP contribution is 2.08. The van der Waals surface area contributed by atoms with Crippen LogP contribution in [-0.2, 0) is 26.8 Å². The summed E-state index contributed by atoms with van der Waals surface area (Å²) in [7, 11) is -1.23. The quantitative estimate of drug-likeness (QED) is 0.758. The van der Waals surface area contributed by atoms with Crippen molar-refractivity contribution in [3.8, 4) is 0 Å². The van der Waals surface area contributed by atoms with Gasteiger partial charge in [0.1, 0.15) is 6.04 Å². The third-order valence-electron chi connectivity index (χ3n) is 3.48. The van der Waals surface area contributed by atoms with Crippen LogP contribution in [0.5, 0.6) is 0 Å².